The van der Waals surface area contributed by atoms with Gasteiger partial charge in [-0.15, -0.1) is 0 Å². The van der Waals surface area contributed by atoms with Gasteiger partial charge in [0, 0.05) is 11.1 Å². The summed E-state index contributed by atoms with van der Waals surface area (Å²) in [6, 6.07) is 10.4. The highest BCUT2D eigenvalue weighted by Crippen LogP contribution is 2.33. The van der Waals surface area contributed by atoms with Gasteiger partial charge < -0.3 is 15.5 Å². The number of nitrogens with zero attached hydrogens (tertiary/aromatic N) is 2. The Morgan fingerprint density at radius 3 is 2.77 bits per heavy atom. The van der Waals surface area contributed by atoms with Crippen LogP contribution in [0.1, 0.15) is 36.1 Å². The molecule has 1 atom stereocenters. The Kier molecular flexibility index (Phi) is 5.34. The summed E-state index contributed by atoms with van der Waals surface area (Å²) in [4.78, 5) is 30.8. The summed E-state index contributed by atoms with van der Waals surface area (Å²) in [5.41, 5.74) is 1.52. The topological polar surface area (TPSA) is 74.3 Å². The minimum atomic E-state index is -0.547. The van der Waals surface area contributed by atoms with E-state index < -0.39 is 6.17 Å². The van der Waals surface area contributed by atoms with Gasteiger partial charge in [-0.1, -0.05) is 35.3 Å². The number of amides is 2. The number of rotatable bonds is 4. The van der Waals surface area contributed by atoms with Gasteiger partial charge in [0.25, 0.3) is 5.91 Å². The fourth-order valence-electron chi connectivity index (χ4n) is 2.82. The summed E-state index contributed by atoms with van der Waals surface area (Å²) >= 11 is 12.0. The zero-order valence-corrected chi connectivity index (χ0v) is 15.8. The molecule has 1 aliphatic heterocycles. The van der Waals surface area contributed by atoms with Crippen molar-refractivity contribution in [3.8, 4) is 0 Å². The molecular formula is C18H18Cl2N4O2. The van der Waals surface area contributed by atoms with E-state index in [4.69, 9.17) is 23.2 Å². The van der Waals surface area contributed by atoms with Crippen LogP contribution in [0.3, 0.4) is 0 Å². The summed E-state index contributed by atoms with van der Waals surface area (Å²) in [7, 11) is 0. The Labute approximate surface area is 161 Å². The van der Waals surface area contributed by atoms with Gasteiger partial charge in [-0.2, -0.15) is 0 Å². The van der Waals surface area contributed by atoms with Gasteiger partial charge in [-0.25, -0.2) is 4.98 Å². The van der Waals surface area contributed by atoms with Crippen molar-refractivity contribution in [3.63, 3.8) is 0 Å². The average molecular weight is 393 g/mol. The second kappa shape index (κ2) is 7.51. The number of benzene rings is 1. The molecule has 0 bridgehead atoms. The molecule has 1 aliphatic rings. The zero-order valence-electron chi connectivity index (χ0n) is 14.3. The molecule has 2 N–H and O–H groups in total. The van der Waals surface area contributed by atoms with Crippen molar-refractivity contribution in [2.24, 2.45) is 0 Å². The van der Waals surface area contributed by atoms with E-state index in [0.717, 1.165) is 5.56 Å². The first-order valence-electron chi connectivity index (χ1n) is 8.14. The van der Waals surface area contributed by atoms with Gasteiger partial charge in [-0.3, -0.25) is 9.59 Å². The van der Waals surface area contributed by atoms with Crippen LogP contribution < -0.4 is 10.6 Å². The number of carbonyl (C=O) groups is 2. The molecule has 2 heterocycles. The van der Waals surface area contributed by atoms with E-state index in [2.05, 4.69) is 15.6 Å². The monoisotopic (exact) mass is 392 g/mol. The third-order valence-electron chi connectivity index (χ3n) is 3.86. The van der Waals surface area contributed by atoms with Crippen LogP contribution in [-0.2, 0) is 4.79 Å². The quantitative estimate of drug-likeness (QED) is 0.781. The van der Waals surface area contributed by atoms with Crippen molar-refractivity contribution in [2.75, 3.05) is 11.9 Å². The van der Waals surface area contributed by atoms with E-state index in [1.165, 1.54) is 4.90 Å². The summed E-state index contributed by atoms with van der Waals surface area (Å²) < 4.78 is 0. The number of halogens is 2. The predicted octanol–water partition coefficient (Wildman–Crippen LogP) is 3.48. The van der Waals surface area contributed by atoms with Gasteiger partial charge in [0.05, 0.1) is 5.69 Å². The fourth-order valence-corrected chi connectivity index (χ4v) is 3.16. The molecule has 0 aliphatic carbocycles. The summed E-state index contributed by atoms with van der Waals surface area (Å²) in [6.45, 7) is 3.60. The van der Waals surface area contributed by atoms with Crippen molar-refractivity contribution in [1.29, 1.82) is 0 Å². The van der Waals surface area contributed by atoms with Gasteiger partial charge in [-0.05, 0) is 43.7 Å². The van der Waals surface area contributed by atoms with Crippen LogP contribution in [0.15, 0.2) is 36.4 Å². The third kappa shape index (κ3) is 3.92. The minimum absolute atomic E-state index is 0.0279. The lowest BCUT2D eigenvalue weighted by Crippen LogP contribution is -2.49. The van der Waals surface area contributed by atoms with Crippen molar-refractivity contribution >= 4 is 40.7 Å². The van der Waals surface area contributed by atoms with Crippen molar-refractivity contribution in [3.05, 3.63) is 57.8 Å². The molecule has 26 heavy (non-hydrogen) atoms. The minimum Gasteiger partial charge on any atom is -0.359 e. The van der Waals surface area contributed by atoms with E-state index >= 15 is 0 Å². The molecule has 1 unspecified atom stereocenters. The van der Waals surface area contributed by atoms with Gasteiger partial charge in [0.1, 0.15) is 17.9 Å². The van der Waals surface area contributed by atoms with Gasteiger partial charge in [0.15, 0.2) is 5.69 Å². The Balaban J connectivity index is 2.00. The highest BCUT2D eigenvalue weighted by atomic mass is 35.5. The number of fused-ring (bicyclic) bond motifs is 1. The highest BCUT2D eigenvalue weighted by Gasteiger charge is 2.35. The van der Waals surface area contributed by atoms with Crippen LogP contribution >= 0.6 is 23.2 Å². The smallest absolute Gasteiger partial charge is 0.277 e. The van der Waals surface area contributed by atoms with Crippen molar-refractivity contribution in [1.82, 2.24) is 15.2 Å². The standard InChI is InChI=1S/C18H18Cl2N4O2/c1-10(2)21-15(25)9-24-17(11-4-3-5-12(19)8-11)22-13-6-7-14(20)23-16(13)18(24)26/h3-8,10,17,22H,9H2,1-2H3,(H,21,25). The average Bonchev–Trinajstić information content (AvgIpc) is 2.57. The maximum Gasteiger partial charge on any atom is 0.277 e. The number of hydrogen-bond donors (Lipinski definition) is 2. The molecule has 0 fully saturated rings. The van der Waals surface area contributed by atoms with Crippen LogP contribution in [0.4, 0.5) is 5.69 Å². The number of anilines is 1. The molecule has 8 heteroatoms. The molecule has 1 aromatic carbocycles. The van der Waals surface area contributed by atoms with Crippen LogP contribution in [0.2, 0.25) is 10.2 Å². The maximum absolute atomic E-state index is 13.0. The number of aromatic nitrogens is 1. The second-order valence-electron chi connectivity index (χ2n) is 6.29. The summed E-state index contributed by atoms with van der Waals surface area (Å²) in [5.74, 6) is -0.627. The Morgan fingerprint density at radius 2 is 2.08 bits per heavy atom. The first-order chi connectivity index (χ1) is 12.3. The Morgan fingerprint density at radius 1 is 1.31 bits per heavy atom. The Bertz CT molecular complexity index is 857. The maximum atomic E-state index is 13.0. The van der Waals surface area contributed by atoms with Crippen molar-refractivity contribution < 1.29 is 9.59 Å². The molecule has 2 amide bonds. The van der Waals surface area contributed by atoms with Crippen LogP contribution in [-0.4, -0.2) is 34.3 Å². The lowest BCUT2D eigenvalue weighted by atomic mass is 10.1. The van der Waals surface area contributed by atoms with E-state index in [0.29, 0.717) is 10.7 Å². The summed E-state index contributed by atoms with van der Waals surface area (Å²) in [5, 5.41) is 6.81. The molecule has 2 aromatic rings. The number of hydrogen-bond acceptors (Lipinski definition) is 4. The van der Waals surface area contributed by atoms with Gasteiger partial charge in [0.2, 0.25) is 5.91 Å². The largest absolute Gasteiger partial charge is 0.359 e. The third-order valence-corrected chi connectivity index (χ3v) is 4.30. The molecule has 6 nitrogen and oxygen atoms in total. The first kappa shape index (κ1) is 18.5. The first-order valence-corrected chi connectivity index (χ1v) is 8.89. The normalized spacial score (nSPS) is 16.3. The van der Waals surface area contributed by atoms with E-state index in [9.17, 15) is 9.59 Å². The molecule has 0 saturated carbocycles. The lowest BCUT2D eigenvalue weighted by Gasteiger charge is -2.37. The zero-order chi connectivity index (χ0) is 18.8. The molecule has 136 valence electrons. The Hall–Kier alpha value is -2.31. The molecule has 1 aromatic heterocycles. The molecule has 0 saturated heterocycles. The highest BCUT2D eigenvalue weighted by molar-refractivity contribution is 6.30. The number of carbonyl (C=O) groups excluding carboxylic acids is 2. The number of nitrogens with one attached hydrogen (secondary N) is 2. The van der Waals surface area contributed by atoms with Crippen LogP contribution in [0.25, 0.3) is 0 Å². The van der Waals surface area contributed by atoms with E-state index in [-0.39, 0.29) is 35.2 Å². The lowest BCUT2D eigenvalue weighted by molar-refractivity contribution is -0.122. The molecule has 3 rings (SSSR count). The molecule has 0 radical (unpaired) electrons. The molecular weight excluding hydrogens is 375 g/mol. The predicted molar refractivity (Wildman–Crippen MR) is 101 cm³/mol. The van der Waals surface area contributed by atoms with E-state index in [1.807, 2.05) is 19.9 Å². The molecule has 0 spiro atoms. The number of pyridine rings is 1. The van der Waals surface area contributed by atoms with E-state index in [1.54, 1.807) is 30.3 Å². The van der Waals surface area contributed by atoms with Crippen molar-refractivity contribution in [2.45, 2.75) is 26.1 Å². The second-order valence-corrected chi connectivity index (χ2v) is 7.11. The fraction of sp³-hybridized carbons (Fsp3) is 0.278. The summed E-state index contributed by atoms with van der Waals surface area (Å²) in [6.07, 6.45) is -0.547. The van der Waals surface area contributed by atoms with Crippen LogP contribution in [0.5, 0.6) is 0 Å². The van der Waals surface area contributed by atoms with Crippen LogP contribution in [0, 0.1) is 0 Å². The van der Waals surface area contributed by atoms with Gasteiger partial charge >= 0.3 is 0 Å². The SMILES string of the molecule is CC(C)NC(=O)CN1C(=O)c2nc(Cl)ccc2NC1c1cccc(Cl)c1.